The number of carboxylic acid groups (broad SMARTS) is 1. The lowest BCUT2D eigenvalue weighted by atomic mass is 10.0. The number of aryl methyl sites for hydroxylation is 1. The van der Waals surface area contributed by atoms with Gasteiger partial charge in [0.15, 0.2) is 0 Å². The maximum Gasteiger partial charge on any atom is 0.326 e. The van der Waals surface area contributed by atoms with Gasteiger partial charge in [0.2, 0.25) is 11.8 Å². The predicted octanol–water partition coefficient (Wildman–Crippen LogP) is 2.08. The zero-order valence-electron chi connectivity index (χ0n) is 15.5. The van der Waals surface area contributed by atoms with Gasteiger partial charge in [-0.1, -0.05) is 42.5 Å². The zero-order chi connectivity index (χ0) is 20.5. The molecule has 0 aliphatic heterocycles. The number of halogens is 1. The molecule has 2 atom stereocenters. The fraction of sp³-hybridized carbons (Fsp3) is 0.286. The minimum Gasteiger partial charge on any atom is -0.480 e. The summed E-state index contributed by atoms with van der Waals surface area (Å²) in [6.07, 6.45) is 0.825. The van der Waals surface area contributed by atoms with E-state index in [0.717, 1.165) is 5.56 Å². The smallest absolute Gasteiger partial charge is 0.326 e. The van der Waals surface area contributed by atoms with Crippen LogP contribution in [-0.4, -0.2) is 35.0 Å². The number of rotatable bonds is 9. The number of amides is 2. The van der Waals surface area contributed by atoms with Gasteiger partial charge in [-0.15, -0.1) is 0 Å². The Hall–Kier alpha value is -3.22. The Morgan fingerprint density at radius 3 is 2.14 bits per heavy atom. The summed E-state index contributed by atoms with van der Waals surface area (Å²) in [4.78, 5) is 35.6. The van der Waals surface area contributed by atoms with Crippen LogP contribution in [0.1, 0.15) is 24.5 Å². The third kappa shape index (κ3) is 6.83. The van der Waals surface area contributed by atoms with Gasteiger partial charge < -0.3 is 15.7 Å². The third-order valence-electron chi connectivity index (χ3n) is 4.23. The molecule has 6 nitrogen and oxygen atoms in total. The second-order valence-corrected chi connectivity index (χ2v) is 6.51. The number of benzene rings is 2. The van der Waals surface area contributed by atoms with Gasteiger partial charge in [0.25, 0.3) is 0 Å². The van der Waals surface area contributed by atoms with Crippen molar-refractivity contribution in [3.8, 4) is 0 Å². The van der Waals surface area contributed by atoms with Crippen molar-refractivity contribution in [2.24, 2.45) is 0 Å². The molecule has 0 bridgehead atoms. The number of aliphatic carboxylic acids is 1. The van der Waals surface area contributed by atoms with E-state index in [0.29, 0.717) is 12.0 Å². The lowest BCUT2D eigenvalue weighted by molar-refractivity contribution is -0.142. The first-order valence-corrected chi connectivity index (χ1v) is 8.94. The zero-order valence-corrected chi connectivity index (χ0v) is 15.5. The molecule has 0 saturated carbocycles. The number of hydrogen-bond acceptors (Lipinski definition) is 3. The fourth-order valence-corrected chi connectivity index (χ4v) is 2.80. The van der Waals surface area contributed by atoms with Crippen LogP contribution in [0.5, 0.6) is 0 Å². The molecule has 3 N–H and O–H groups in total. The molecule has 0 fully saturated rings. The Labute approximate surface area is 162 Å². The largest absolute Gasteiger partial charge is 0.480 e. The van der Waals surface area contributed by atoms with Crippen molar-refractivity contribution in [2.45, 2.75) is 38.3 Å². The summed E-state index contributed by atoms with van der Waals surface area (Å²) >= 11 is 0. The van der Waals surface area contributed by atoms with Gasteiger partial charge in [-0.3, -0.25) is 9.59 Å². The molecule has 28 heavy (non-hydrogen) atoms. The molecule has 2 amide bonds. The van der Waals surface area contributed by atoms with Crippen LogP contribution in [-0.2, 0) is 27.2 Å². The van der Waals surface area contributed by atoms with Crippen molar-refractivity contribution < 1.29 is 23.9 Å². The first-order chi connectivity index (χ1) is 13.3. The van der Waals surface area contributed by atoms with Crippen LogP contribution in [0.2, 0.25) is 0 Å². The highest BCUT2D eigenvalue weighted by molar-refractivity contribution is 5.90. The molecular formula is C21H23FN2O4. The molecule has 0 aliphatic rings. The number of nitrogens with one attached hydrogen (secondary N) is 2. The van der Waals surface area contributed by atoms with E-state index in [1.165, 1.54) is 31.2 Å². The number of carbonyl (C=O) groups excluding carboxylic acids is 2. The van der Waals surface area contributed by atoms with E-state index < -0.39 is 35.7 Å². The molecule has 0 aliphatic carbocycles. The van der Waals surface area contributed by atoms with Gasteiger partial charge in [-0.05, 0) is 36.1 Å². The van der Waals surface area contributed by atoms with Crippen LogP contribution in [0.15, 0.2) is 54.6 Å². The van der Waals surface area contributed by atoms with Crippen LogP contribution >= 0.6 is 0 Å². The van der Waals surface area contributed by atoms with Gasteiger partial charge >= 0.3 is 5.97 Å². The number of carbonyl (C=O) groups is 3. The van der Waals surface area contributed by atoms with Crippen LogP contribution in [0.3, 0.4) is 0 Å². The quantitative estimate of drug-likeness (QED) is 0.615. The Kier molecular flexibility index (Phi) is 7.68. The molecule has 0 heterocycles. The van der Waals surface area contributed by atoms with Crippen molar-refractivity contribution in [1.82, 2.24) is 10.6 Å². The van der Waals surface area contributed by atoms with Crippen molar-refractivity contribution in [3.63, 3.8) is 0 Å². The molecule has 0 aromatic heterocycles. The van der Waals surface area contributed by atoms with Crippen LogP contribution < -0.4 is 10.6 Å². The van der Waals surface area contributed by atoms with E-state index in [2.05, 4.69) is 10.6 Å². The summed E-state index contributed by atoms with van der Waals surface area (Å²) in [6, 6.07) is 12.9. The second-order valence-electron chi connectivity index (χ2n) is 6.51. The van der Waals surface area contributed by atoms with Crippen molar-refractivity contribution >= 4 is 17.8 Å². The molecule has 7 heteroatoms. The molecule has 2 aromatic carbocycles. The van der Waals surface area contributed by atoms with E-state index in [-0.39, 0.29) is 12.8 Å². The first-order valence-electron chi connectivity index (χ1n) is 8.94. The Morgan fingerprint density at radius 1 is 0.929 bits per heavy atom. The van der Waals surface area contributed by atoms with E-state index in [9.17, 15) is 23.9 Å². The standard InChI is InChI=1S/C21H23FN2O4/c1-14(25)23-19(13-16-7-10-17(22)11-8-16)20(26)24-18(21(27)28)12-9-15-5-3-2-4-6-15/h2-8,10-11,18-19H,9,12-13H2,1H3,(H,23,25)(H,24,26)(H,27,28)/t18-,19+/m0/s1. The molecule has 0 saturated heterocycles. The molecule has 148 valence electrons. The maximum absolute atomic E-state index is 13.1. The minimum absolute atomic E-state index is 0.122. The predicted molar refractivity (Wildman–Crippen MR) is 102 cm³/mol. The minimum atomic E-state index is -1.15. The summed E-state index contributed by atoms with van der Waals surface area (Å²) in [6.45, 7) is 1.27. The summed E-state index contributed by atoms with van der Waals surface area (Å²) in [5, 5.41) is 14.5. The van der Waals surface area contributed by atoms with Crippen LogP contribution in [0, 0.1) is 5.82 Å². The van der Waals surface area contributed by atoms with Gasteiger partial charge in [0, 0.05) is 13.3 Å². The van der Waals surface area contributed by atoms with Gasteiger partial charge in [-0.2, -0.15) is 0 Å². The fourth-order valence-electron chi connectivity index (χ4n) is 2.80. The van der Waals surface area contributed by atoms with Gasteiger partial charge in [0.05, 0.1) is 0 Å². The molecule has 0 unspecified atom stereocenters. The summed E-state index contributed by atoms with van der Waals surface area (Å²) in [7, 11) is 0. The summed E-state index contributed by atoms with van der Waals surface area (Å²) in [5.41, 5.74) is 1.61. The Balaban J connectivity index is 2.04. The highest BCUT2D eigenvalue weighted by atomic mass is 19.1. The van der Waals surface area contributed by atoms with Crippen molar-refractivity contribution in [3.05, 3.63) is 71.5 Å². The number of carboxylic acids is 1. The SMILES string of the molecule is CC(=O)N[C@H](Cc1ccc(F)cc1)C(=O)N[C@@H](CCc1ccccc1)C(=O)O. The molecule has 2 aromatic rings. The van der Waals surface area contributed by atoms with E-state index in [1.807, 2.05) is 30.3 Å². The maximum atomic E-state index is 13.1. The first kappa shape index (κ1) is 21.1. The summed E-state index contributed by atoms with van der Waals surface area (Å²) in [5.74, 6) is -2.57. The van der Waals surface area contributed by atoms with Crippen LogP contribution in [0.25, 0.3) is 0 Å². The lowest BCUT2D eigenvalue weighted by Gasteiger charge is -2.21. The molecule has 2 rings (SSSR count). The molecule has 0 spiro atoms. The van der Waals surface area contributed by atoms with E-state index in [1.54, 1.807) is 0 Å². The Morgan fingerprint density at radius 2 is 1.57 bits per heavy atom. The molecule has 0 radical (unpaired) electrons. The van der Waals surface area contributed by atoms with Crippen molar-refractivity contribution in [2.75, 3.05) is 0 Å². The average molecular weight is 386 g/mol. The topological polar surface area (TPSA) is 95.5 Å². The number of hydrogen-bond donors (Lipinski definition) is 3. The average Bonchev–Trinajstić information content (AvgIpc) is 2.66. The third-order valence-corrected chi connectivity index (χ3v) is 4.23. The lowest BCUT2D eigenvalue weighted by Crippen LogP contribution is -2.52. The monoisotopic (exact) mass is 386 g/mol. The highest BCUT2D eigenvalue weighted by Gasteiger charge is 2.26. The van der Waals surface area contributed by atoms with Gasteiger partial charge in [-0.25, -0.2) is 9.18 Å². The van der Waals surface area contributed by atoms with Crippen LogP contribution in [0.4, 0.5) is 4.39 Å². The second kappa shape index (κ2) is 10.2. The normalized spacial score (nSPS) is 12.6. The molecular weight excluding hydrogens is 363 g/mol. The highest BCUT2D eigenvalue weighted by Crippen LogP contribution is 2.09. The van der Waals surface area contributed by atoms with E-state index in [4.69, 9.17) is 0 Å². The summed E-state index contributed by atoms with van der Waals surface area (Å²) < 4.78 is 13.1. The van der Waals surface area contributed by atoms with Crippen molar-refractivity contribution in [1.29, 1.82) is 0 Å². The Bertz CT molecular complexity index is 809. The van der Waals surface area contributed by atoms with Gasteiger partial charge in [0.1, 0.15) is 17.9 Å². The van der Waals surface area contributed by atoms with E-state index >= 15 is 0 Å².